The first-order valence-corrected chi connectivity index (χ1v) is 11.8. The Morgan fingerprint density at radius 1 is 0.946 bits per heavy atom. The van der Waals surface area contributed by atoms with Gasteiger partial charge in [-0.05, 0) is 35.4 Å². The molecule has 1 saturated heterocycles. The summed E-state index contributed by atoms with van der Waals surface area (Å²) in [6, 6.07) is 8.45. The lowest BCUT2D eigenvalue weighted by Gasteiger charge is -2.40. The average Bonchev–Trinajstić information content (AvgIpc) is 3.28. The highest BCUT2D eigenvalue weighted by atomic mass is 16.7. The standard InChI is InChI=1S/C26H32O11/c1-33-18-10-14(5-6-17(18)29)24-16(12-35-26-23(32)22(31)21(30)20(11-28)36-26)15-8-13(4-3-7-27)9-19(34-2)25(15)37-24/h3-6,8-10,16,20-24,26-32H,7,11-12H2,1-2H3/b4-3+/t16-,20-,21-,22+,23-,24+,26-/m1/s1. The van der Waals surface area contributed by atoms with Gasteiger partial charge in [0.25, 0.3) is 0 Å². The first-order chi connectivity index (χ1) is 17.8. The Labute approximate surface area is 213 Å². The van der Waals surface area contributed by atoms with Gasteiger partial charge < -0.3 is 54.3 Å². The van der Waals surface area contributed by atoms with Crippen LogP contribution in [0.1, 0.15) is 28.7 Å². The molecule has 2 aromatic carbocycles. The zero-order valence-electron chi connectivity index (χ0n) is 20.4. The van der Waals surface area contributed by atoms with Gasteiger partial charge in [0, 0.05) is 5.56 Å². The van der Waals surface area contributed by atoms with Gasteiger partial charge >= 0.3 is 0 Å². The van der Waals surface area contributed by atoms with Crippen molar-refractivity contribution in [2.24, 2.45) is 0 Å². The van der Waals surface area contributed by atoms with Crippen LogP contribution in [0.3, 0.4) is 0 Å². The number of phenols is 1. The smallest absolute Gasteiger partial charge is 0.186 e. The molecule has 1 fully saturated rings. The number of fused-ring (bicyclic) bond motifs is 1. The Hall–Kier alpha value is -2.90. The van der Waals surface area contributed by atoms with Crippen LogP contribution in [0.15, 0.2) is 36.4 Å². The van der Waals surface area contributed by atoms with Crippen molar-refractivity contribution in [3.8, 4) is 23.0 Å². The summed E-state index contributed by atoms with van der Waals surface area (Å²) in [6.07, 6.45) is -4.38. The molecule has 11 nitrogen and oxygen atoms in total. The van der Waals surface area contributed by atoms with Crippen molar-refractivity contribution in [3.63, 3.8) is 0 Å². The molecule has 2 aliphatic rings. The van der Waals surface area contributed by atoms with E-state index in [1.807, 2.05) is 6.07 Å². The molecule has 0 radical (unpaired) electrons. The largest absolute Gasteiger partial charge is 0.504 e. The van der Waals surface area contributed by atoms with E-state index >= 15 is 0 Å². The number of aromatic hydroxyl groups is 1. The minimum absolute atomic E-state index is 0.0371. The van der Waals surface area contributed by atoms with Gasteiger partial charge in [-0.15, -0.1) is 0 Å². The second-order valence-corrected chi connectivity index (χ2v) is 8.83. The van der Waals surface area contributed by atoms with Crippen LogP contribution >= 0.6 is 0 Å². The van der Waals surface area contributed by atoms with Crippen molar-refractivity contribution >= 4 is 6.08 Å². The number of aliphatic hydroxyl groups is 5. The molecule has 0 amide bonds. The third kappa shape index (κ3) is 5.39. The molecule has 0 spiro atoms. The molecule has 0 aromatic heterocycles. The summed E-state index contributed by atoms with van der Waals surface area (Å²) >= 11 is 0. The van der Waals surface area contributed by atoms with Crippen molar-refractivity contribution in [3.05, 3.63) is 53.1 Å². The number of rotatable bonds is 9. The van der Waals surface area contributed by atoms with E-state index in [2.05, 4.69) is 0 Å². The molecule has 6 N–H and O–H groups in total. The predicted octanol–water partition coefficient (Wildman–Crippen LogP) is 0.449. The summed E-state index contributed by atoms with van der Waals surface area (Å²) in [4.78, 5) is 0. The number of methoxy groups -OCH3 is 2. The molecular formula is C26H32O11. The topological polar surface area (TPSA) is 168 Å². The van der Waals surface area contributed by atoms with Crippen LogP contribution in [0.4, 0.5) is 0 Å². The fourth-order valence-corrected chi connectivity index (χ4v) is 4.61. The van der Waals surface area contributed by atoms with Crippen LogP contribution in [0.2, 0.25) is 0 Å². The molecule has 2 aliphatic heterocycles. The molecule has 0 aliphatic carbocycles. The third-order valence-electron chi connectivity index (χ3n) is 6.57. The summed E-state index contributed by atoms with van der Waals surface area (Å²) in [7, 11) is 2.94. The lowest BCUT2D eigenvalue weighted by molar-refractivity contribution is -0.302. The van der Waals surface area contributed by atoms with E-state index in [1.165, 1.54) is 20.3 Å². The van der Waals surface area contributed by atoms with Gasteiger partial charge in [0.1, 0.15) is 30.5 Å². The number of ether oxygens (including phenoxy) is 5. The molecule has 2 aromatic rings. The molecule has 4 rings (SSSR count). The minimum atomic E-state index is -1.57. The summed E-state index contributed by atoms with van der Waals surface area (Å²) < 4.78 is 28.5. The third-order valence-corrected chi connectivity index (χ3v) is 6.57. The number of aliphatic hydroxyl groups excluding tert-OH is 5. The summed E-state index contributed by atoms with van der Waals surface area (Å²) in [5.41, 5.74) is 2.14. The maximum atomic E-state index is 10.4. The highest BCUT2D eigenvalue weighted by Gasteiger charge is 2.45. The molecule has 7 atom stereocenters. The molecule has 0 bridgehead atoms. The van der Waals surface area contributed by atoms with E-state index in [9.17, 15) is 30.6 Å². The van der Waals surface area contributed by atoms with Crippen LogP contribution < -0.4 is 14.2 Å². The number of hydrogen-bond acceptors (Lipinski definition) is 11. The van der Waals surface area contributed by atoms with E-state index in [1.54, 1.807) is 30.4 Å². The van der Waals surface area contributed by atoms with E-state index in [0.29, 0.717) is 17.1 Å². The molecule has 0 saturated carbocycles. The quantitative estimate of drug-likeness (QED) is 0.272. The zero-order chi connectivity index (χ0) is 26.7. The van der Waals surface area contributed by atoms with Gasteiger partial charge in [0.05, 0.1) is 40.0 Å². The average molecular weight is 521 g/mol. The van der Waals surface area contributed by atoms with Crippen molar-refractivity contribution in [2.45, 2.75) is 42.7 Å². The Balaban J connectivity index is 1.70. The van der Waals surface area contributed by atoms with Crippen LogP contribution in [0, 0.1) is 0 Å². The lowest BCUT2D eigenvalue weighted by atomic mass is 9.90. The van der Waals surface area contributed by atoms with Crippen molar-refractivity contribution in [1.82, 2.24) is 0 Å². The Bertz CT molecular complexity index is 1100. The Morgan fingerprint density at radius 3 is 2.38 bits per heavy atom. The SMILES string of the molecule is COc1cc([C@@H]2Oc3c(OC)cc(/C=C/CO)cc3[C@H]2CO[C@@H]2O[C@H](CO)[C@@H](O)[C@H](O)[C@H]2O)ccc1O. The van der Waals surface area contributed by atoms with Gasteiger partial charge in [0.2, 0.25) is 0 Å². The van der Waals surface area contributed by atoms with Gasteiger partial charge in [0.15, 0.2) is 29.3 Å². The predicted molar refractivity (Wildman–Crippen MR) is 130 cm³/mol. The van der Waals surface area contributed by atoms with Crippen LogP contribution in [0.5, 0.6) is 23.0 Å². The molecule has 11 heteroatoms. The fourth-order valence-electron chi connectivity index (χ4n) is 4.61. The summed E-state index contributed by atoms with van der Waals surface area (Å²) in [5, 5.41) is 59.4. The maximum Gasteiger partial charge on any atom is 0.186 e. The van der Waals surface area contributed by atoms with Crippen LogP contribution in [-0.4, -0.2) is 95.4 Å². The Kier molecular flexibility index (Phi) is 8.55. The van der Waals surface area contributed by atoms with Gasteiger partial charge in [-0.3, -0.25) is 0 Å². The van der Waals surface area contributed by atoms with Gasteiger partial charge in [-0.25, -0.2) is 0 Å². The molecule has 37 heavy (non-hydrogen) atoms. The number of hydrogen-bond donors (Lipinski definition) is 6. The van der Waals surface area contributed by atoms with E-state index in [-0.39, 0.29) is 24.7 Å². The molecule has 0 unspecified atom stereocenters. The Morgan fingerprint density at radius 2 is 1.70 bits per heavy atom. The summed E-state index contributed by atoms with van der Waals surface area (Å²) in [6.45, 7) is -0.775. The zero-order valence-corrected chi connectivity index (χ0v) is 20.4. The number of phenolic OH excluding ortho intramolecular Hbond substituents is 1. The maximum absolute atomic E-state index is 10.4. The van der Waals surface area contributed by atoms with Crippen molar-refractivity contribution in [2.75, 3.05) is 34.0 Å². The van der Waals surface area contributed by atoms with E-state index in [0.717, 1.165) is 11.1 Å². The molecular weight excluding hydrogens is 488 g/mol. The second-order valence-electron chi connectivity index (χ2n) is 8.83. The van der Waals surface area contributed by atoms with Crippen molar-refractivity contribution < 1.29 is 54.3 Å². The second kappa shape index (κ2) is 11.7. The first kappa shape index (κ1) is 27.1. The fraction of sp³-hybridized carbons (Fsp3) is 0.462. The molecule has 202 valence electrons. The van der Waals surface area contributed by atoms with Crippen LogP contribution in [0.25, 0.3) is 6.08 Å². The van der Waals surface area contributed by atoms with Gasteiger partial charge in [-0.1, -0.05) is 18.2 Å². The lowest BCUT2D eigenvalue weighted by Crippen LogP contribution is -2.59. The van der Waals surface area contributed by atoms with E-state index in [4.69, 9.17) is 23.7 Å². The monoisotopic (exact) mass is 520 g/mol. The highest BCUT2D eigenvalue weighted by Crippen LogP contribution is 2.52. The van der Waals surface area contributed by atoms with E-state index < -0.39 is 49.3 Å². The first-order valence-electron chi connectivity index (χ1n) is 11.8. The normalized spacial score (nSPS) is 29.2. The number of benzene rings is 2. The van der Waals surface area contributed by atoms with Gasteiger partial charge in [-0.2, -0.15) is 0 Å². The van der Waals surface area contributed by atoms with Crippen molar-refractivity contribution in [1.29, 1.82) is 0 Å². The minimum Gasteiger partial charge on any atom is -0.504 e. The summed E-state index contributed by atoms with van der Waals surface area (Å²) in [5.74, 6) is 0.673. The molecule has 2 heterocycles. The van der Waals surface area contributed by atoms with Crippen LogP contribution in [-0.2, 0) is 9.47 Å². The highest BCUT2D eigenvalue weighted by molar-refractivity contribution is 5.62.